The van der Waals surface area contributed by atoms with E-state index in [-0.39, 0.29) is 6.04 Å². The lowest BCUT2D eigenvalue weighted by atomic mass is 10.0. The van der Waals surface area contributed by atoms with Crippen LogP contribution in [0.2, 0.25) is 0 Å². The predicted molar refractivity (Wildman–Crippen MR) is 63.4 cm³/mol. The first-order valence-electron chi connectivity index (χ1n) is 6.30. The maximum absolute atomic E-state index is 5.97. The van der Waals surface area contributed by atoms with Gasteiger partial charge in [0.05, 0.1) is 0 Å². The minimum atomic E-state index is 0.0816. The highest BCUT2D eigenvalue weighted by Crippen LogP contribution is 2.17. The summed E-state index contributed by atoms with van der Waals surface area (Å²) in [6, 6.07) is 0.0816. The summed E-state index contributed by atoms with van der Waals surface area (Å²) in [5.74, 6) is 2.40. The van der Waals surface area contributed by atoms with E-state index >= 15 is 0 Å². The van der Waals surface area contributed by atoms with Crippen LogP contribution in [0, 0.1) is 11.8 Å². The minimum absolute atomic E-state index is 0.0816. The van der Waals surface area contributed by atoms with Crippen LogP contribution in [-0.4, -0.2) is 29.4 Å². The molecule has 0 radical (unpaired) electrons. The molecule has 0 saturated carbocycles. The third kappa shape index (κ3) is 3.51. The van der Waals surface area contributed by atoms with E-state index in [4.69, 9.17) is 15.0 Å². The molecule has 1 aromatic rings. The molecule has 0 aliphatic carbocycles. The second kappa shape index (κ2) is 5.60. The van der Waals surface area contributed by atoms with Gasteiger partial charge in [-0.05, 0) is 18.3 Å². The van der Waals surface area contributed by atoms with Gasteiger partial charge in [-0.2, -0.15) is 4.98 Å². The minimum Gasteiger partial charge on any atom is -0.381 e. The van der Waals surface area contributed by atoms with Crippen molar-refractivity contribution in [1.29, 1.82) is 0 Å². The van der Waals surface area contributed by atoms with Crippen LogP contribution in [-0.2, 0) is 17.6 Å². The molecule has 1 aliphatic heterocycles. The zero-order valence-corrected chi connectivity index (χ0v) is 10.6. The molecule has 1 fully saturated rings. The first-order valence-corrected chi connectivity index (χ1v) is 6.30. The van der Waals surface area contributed by atoms with Gasteiger partial charge in [0.25, 0.3) is 0 Å². The molecule has 0 bridgehead atoms. The van der Waals surface area contributed by atoms with Crippen LogP contribution < -0.4 is 5.73 Å². The van der Waals surface area contributed by atoms with Crippen molar-refractivity contribution in [2.75, 3.05) is 13.2 Å². The SMILES string of the molecule is CC(C)C(N)Cc1nc(CC2CCOC2)no1. The quantitative estimate of drug-likeness (QED) is 0.835. The van der Waals surface area contributed by atoms with E-state index in [1.165, 1.54) is 0 Å². The van der Waals surface area contributed by atoms with Gasteiger partial charge in [-0.25, -0.2) is 0 Å². The lowest BCUT2D eigenvalue weighted by Gasteiger charge is -2.11. The number of nitrogens with two attached hydrogens (primary N) is 1. The van der Waals surface area contributed by atoms with E-state index in [1.807, 2.05) is 0 Å². The molecule has 0 amide bonds. The van der Waals surface area contributed by atoms with E-state index in [1.54, 1.807) is 0 Å². The van der Waals surface area contributed by atoms with Crippen LogP contribution in [0.25, 0.3) is 0 Å². The highest BCUT2D eigenvalue weighted by Gasteiger charge is 2.20. The summed E-state index contributed by atoms with van der Waals surface area (Å²) in [5.41, 5.74) is 5.97. The number of ether oxygens (including phenoxy) is 1. The zero-order chi connectivity index (χ0) is 12.3. The molecule has 5 heteroatoms. The third-order valence-corrected chi connectivity index (χ3v) is 3.27. The van der Waals surface area contributed by atoms with Gasteiger partial charge >= 0.3 is 0 Å². The Bertz CT molecular complexity index is 327. The van der Waals surface area contributed by atoms with Gasteiger partial charge in [0.1, 0.15) is 0 Å². The third-order valence-electron chi connectivity index (χ3n) is 3.27. The van der Waals surface area contributed by atoms with Crippen molar-refractivity contribution in [3.63, 3.8) is 0 Å². The number of hydrogen-bond acceptors (Lipinski definition) is 5. The Kier molecular flexibility index (Phi) is 4.12. The molecule has 1 aromatic heterocycles. The summed E-state index contributed by atoms with van der Waals surface area (Å²) in [5, 5.41) is 3.99. The van der Waals surface area contributed by atoms with Crippen LogP contribution in [0.5, 0.6) is 0 Å². The van der Waals surface area contributed by atoms with Gasteiger partial charge in [-0.1, -0.05) is 19.0 Å². The molecule has 2 heterocycles. The van der Waals surface area contributed by atoms with Gasteiger partial charge in [0, 0.05) is 32.1 Å². The first-order chi connectivity index (χ1) is 8.15. The molecule has 17 heavy (non-hydrogen) atoms. The van der Waals surface area contributed by atoms with Crippen molar-refractivity contribution in [2.24, 2.45) is 17.6 Å². The molecule has 1 aliphatic rings. The van der Waals surface area contributed by atoms with Crippen molar-refractivity contribution in [3.8, 4) is 0 Å². The van der Waals surface area contributed by atoms with Crippen molar-refractivity contribution in [3.05, 3.63) is 11.7 Å². The van der Waals surface area contributed by atoms with Crippen molar-refractivity contribution in [1.82, 2.24) is 10.1 Å². The molecule has 0 aromatic carbocycles. The smallest absolute Gasteiger partial charge is 0.228 e. The van der Waals surface area contributed by atoms with Gasteiger partial charge < -0.3 is 15.0 Å². The van der Waals surface area contributed by atoms with Crippen LogP contribution in [0.3, 0.4) is 0 Å². The van der Waals surface area contributed by atoms with E-state index in [0.29, 0.717) is 24.1 Å². The largest absolute Gasteiger partial charge is 0.381 e. The van der Waals surface area contributed by atoms with Crippen LogP contribution >= 0.6 is 0 Å². The molecule has 96 valence electrons. The summed E-state index contributed by atoms with van der Waals surface area (Å²) in [6.07, 6.45) is 2.60. The Morgan fingerprint density at radius 3 is 2.94 bits per heavy atom. The summed E-state index contributed by atoms with van der Waals surface area (Å²) < 4.78 is 10.5. The van der Waals surface area contributed by atoms with Crippen LogP contribution in [0.1, 0.15) is 32.0 Å². The zero-order valence-electron chi connectivity index (χ0n) is 10.6. The maximum atomic E-state index is 5.97. The average molecular weight is 239 g/mol. The molecule has 5 nitrogen and oxygen atoms in total. The topological polar surface area (TPSA) is 74.2 Å². The highest BCUT2D eigenvalue weighted by atomic mass is 16.5. The fraction of sp³-hybridized carbons (Fsp3) is 0.833. The number of aromatic nitrogens is 2. The Labute approximate surface area is 102 Å². The lowest BCUT2D eigenvalue weighted by Crippen LogP contribution is -2.28. The van der Waals surface area contributed by atoms with Gasteiger partial charge in [0.2, 0.25) is 5.89 Å². The van der Waals surface area contributed by atoms with Crippen molar-refractivity contribution < 1.29 is 9.26 Å². The van der Waals surface area contributed by atoms with Crippen LogP contribution in [0.4, 0.5) is 0 Å². The first kappa shape index (κ1) is 12.5. The predicted octanol–water partition coefficient (Wildman–Crippen LogP) is 1.17. The fourth-order valence-corrected chi connectivity index (χ4v) is 1.90. The molecule has 0 spiro atoms. The highest BCUT2D eigenvalue weighted by molar-refractivity contribution is 4.91. The number of rotatable bonds is 5. The van der Waals surface area contributed by atoms with E-state index < -0.39 is 0 Å². The molecular formula is C12H21N3O2. The molecule has 2 N–H and O–H groups in total. The fourth-order valence-electron chi connectivity index (χ4n) is 1.90. The summed E-state index contributed by atoms with van der Waals surface area (Å²) in [4.78, 5) is 4.38. The molecular weight excluding hydrogens is 218 g/mol. The molecule has 2 unspecified atom stereocenters. The molecule has 2 atom stereocenters. The molecule has 2 rings (SSSR count). The van der Waals surface area contributed by atoms with Gasteiger partial charge in [0.15, 0.2) is 5.82 Å². The second-order valence-electron chi connectivity index (χ2n) is 5.15. The summed E-state index contributed by atoms with van der Waals surface area (Å²) in [6.45, 7) is 5.86. The van der Waals surface area contributed by atoms with Crippen molar-refractivity contribution >= 4 is 0 Å². The standard InChI is InChI=1S/C12H21N3O2/c1-8(2)10(13)6-12-14-11(15-17-12)5-9-3-4-16-7-9/h8-10H,3-7,13H2,1-2H3. The Balaban J connectivity index is 1.86. The van der Waals surface area contributed by atoms with Crippen molar-refractivity contribution in [2.45, 2.75) is 39.2 Å². The van der Waals surface area contributed by atoms with E-state index in [2.05, 4.69) is 24.0 Å². The monoisotopic (exact) mass is 239 g/mol. The van der Waals surface area contributed by atoms with Crippen LogP contribution in [0.15, 0.2) is 4.52 Å². The average Bonchev–Trinajstić information content (AvgIpc) is 2.91. The Morgan fingerprint density at radius 2 is 2.29 bits per heavy atom. The molecule has 1 saturated heterocycles. The number of nitrogens with zero attached hydrogens (tertiary/aromatic N) is 2. The summed E-state index contributed by atoms with van der Waals surface area (Å²) in [7, 11) is 0. The Hall–Kier alpha value is -0.940. The Morgan fingerprint density at radius 1 is 1.47 bits per heavy atom. The van der Waals surface area contributed by atoms with E-state index in [9.17, 15) is 0 Å². The second-order valence-corrected chi connectivity index (χ2v) is 5.15. The summed E-state index contributed by atoms with van der Waals surface area (Å²) >= 11 is 0. The van der Waals surface area contributed by atoms with Gasteiger partial charge in [-0.15, -0.1) is 0 Å². The van der Waals surface area contributed by atoms with E-state index in [0.717, 1.165) is 31.9 Å². The lowest BCUT2D eigenvalue weighted by molar-refractivity contribution is 0.185. The normalized spacial score (nSPS) is 22.2. The van der Waals surface area contributed by atoms with Gasteiger partial charge in [-0.3, -0.25) is 0 Å². The number of hydrogen-bond donors (Lipinski definition) is 1. The maximum Gasteiger partial charge on any atom is 0.228 e.